The number of nitro groups is 1. The van der Waals surface area contributed by atoms with Crippen LogP contribution in [0.1, 0.15) is 30.1 Å². The molecule has 1 saturated carbocycles. The lowest BCUT2D eigenvalue weighted by Gasteiger charge is -2.17. The van der Waals surface area contributed by atoms with Gasteiger partial charge in [-0.3, -0.25) is 14.9 Å². The maximum absolute atomic E-state index is 12.5. The van der Waals surface area contributed by atoms with Gasteiger partial charge in [-0.05, 0) is 25.7 Å². The summed E-state index contributed by atoms with van der Waals surface area (Å²) in [5.41, 5.74) is 5.29. The van der Waals surface area contributed by atoms with Crippen LogP contribution in [0.4, 0.5) is 5.69 Å². The molecule has 1 aromatic carbocycles. The first-order valence-corrected chi connectivity index (χ1v) is 7.51. The molecule has 0 saturated heterocycles. The van der Waals surface area contributed by atoms with Crippen LogP contribution in [0.3, 0.4) is 0 Å². The minimum absolute atomic E-state index is 0.0571. The third-order valence-corrected chi connectivity index (χ3v) is 3.78. The molecule has 0 spiro atoms. The van der Waals surface area contributed by atoms with E-state index in [9.17, 15) is 14.9 Å². The van der Waals surface area contributed by atoms with Crippen molar-refractivity contribution in [3.63, 3.8) is 0 Å². The highest BCUT2D eigenvalue weighted by Gasteiger charge is 2.33. The van der Waals surface area contributed by atoms with Crippen molar-refractivity contribution < 1.29 is 19.2 Å². The molecule has 3 N–H and O–H groups in total. The van der Waals surface area contributed by atoms with Crippen molar-refractivity contribution in [1.29, 1.82) is 0 Å². The molecule has 23 heavy (non-hydrogen) atoms. The van der Waals surface area contributed by atoms with Gasteiger partial charge in [-0.15, -0.1) is 0 Å². The number of benzene rings is 1. The largest absolute Gasteiger partial charge is 0.493 e. The number of nitrogens with zero attached hydrogens (tertiary/aromatic N) is 1. The first kappa shape index (κ1) is 17.0. The highest BCUT2D eigenvalue weighted by atomic mass is 16.6. The number of amides is 1. The van der Waals surface area contributed by atoms with Crippen LogP contribution in [0.5, 0.6) is 11.5 Å². The first-order chi connectivity index (χ1) is 11.0. The molecule has 8 nitrogen and oxygen atoms in total. The summed E-state index contributed by atoms with van der Waals surface area (Å²) in [6, 6.07) is 2.38. The van der Waals surface area contributed by atoms with Crippen LogP contribution in [0, 0.1) is 16.0 Å². The normalized spacial score (nSPS) is 14.9. The molecule has 0 aliphatic heterocycles. The summed E-state index contributed by atoms with van der Waals surface area (Å²) in [7, 11) is 1.39. The van der Waals surface area contributed by atoms with Gasteiger partial charge in [0.2, 0.25) is 0 Å². The molecule has 0 aromatic heterocycles. The molecule has 1 fully saturated rings. The Morgan fingerprint density at radius 1 is 1.48 bits per heavy atom. The molecule has 126 valence electrons. The van der Waals surface area contributed by atoms with Crippen molar-refractivity contribution in [1.82, 2.24) is 5.32 Å². The summed E-state index contributed by atoms with van der Waals surface area (Å²) >= 11 is 0. The topological polar surface area (TPSA) is 117 Å². The third-order valence-electron chi connectivity index (χ3n) is 3.78. The molecule has 1 unspecified atom stereocenters. The van der Waals surface area contributed by atoms with Crippen molar-refractivity contribution >= 4 is 11.6 Å². The molecule has 1 aromatic rings. The van der Waals surface area contributed by atoms with Gasteiger partial charge in [0.15, 0.2) is 11.5 Å². The van der Waals surface area contributed by atoms with E-state index in [1.54, 1.807) is 6.92 Å². The Bertz CT molecular complexity index is 601. The van der Waals surface area contributed by atoms with E-state index in [0.29, 0.717) is 24.8 Å². The molecule has 0 bridgehead atoms. The van der Waals surface area contributed by atoms with Crippen LogP contribution >= 0.6 is 0 Å². The van der Waals surface area contributed by atoms with Crippen LogP contribution in [-0.4, -0.2) is 37.1 Å². The second kappa shape index (κ2) is 7.28. The Morgan fingerprint density at radius 2 is 2.17 bits per heavy atom. The number of hydrogen-bond donors (Lipinski definition) is 2. The Labute approximate surface area is 134 Å². The van der Waals surface area contributed by atoms with Gasteiger partial charge in [0.05, 0.1) is 24.7 Å². The number of nitrogens with one attached hydrogen (secondary N) is 1. The van der Waals surface area contributed by atoms with Gasteiger partial charge in [-0.2, -0.15) is 0 Å². The van der Waals surface area contributed by atoms with Crippen molar-refractivity contribution in [2.24, 2.45) is 11.7 Å². The summed E-state index contributed by atoms with van der Waals surface area (Å²) in [4.78, 5) is 23.1. The zero-order valence-corrected chi connectivity index (χ0v) is 13.2. The lowest BCUT2D eigenvalue weighted by atomic mass is 10.1. The van der Waals surface area contributed by atoms with Crippen molar-refractivity contribution in [2.45, 2.75) is 25.8 Å². The number of carbonyl (C=O) groups excluding carboxylic acids is 1. The highest BCUT2D eigenvalue weighted by Crippen LogP contribution is 2.36. The molecule has 1 aliphatic carbocycles. The van der Waals surface area contributed by atoms with Crippen LogP contribution < -0.4 is 20.5 Å². The second-order valence-electron chi connectivity index (χ2n) is 5.36. The first-order valence-electron chi connectivity index (χ1n) is 7.51. The summed E-state index contributed by atoms with van der Waals surface area (Å²) < 4.78 is 10.5. The van der Waals surface area contributed by atoms with Gasteiger partial charge in [0.25, 0.3) is 11.6 Å². The number of methoxy groups -OCH3 is 1. The Kier molecular flexibility index (Phi) is 5.38. The molecule has 2 rings (SSSR count). The summed E-state index contributed by atoms with van der Waals surface area (Å²) in [5.74, 6) is 0.337. The molecule has 1 aliphatic rings. The monoisotopic (exact) mass is 323 g/mol. The Morgan fingerprint density at radius 3 is 2.65 bits per heavy atom. The van der Waals surface area contributed by atoms with Crippen LogP contribution in [0.15, 0.2) is 12.1 Å². The predicted octanol–water partition coefficient (Wildman–Crippen LogP) is 1.47. The minimum Gasteiger partial charge on any atom is -0.493 e. The molecule has 1 amide bonds. The van der Waals surface area contributed by atoms with E-state index < -0.39 is 10.8 Å². The standard InChI is InChI=1S/C15H21N3O5/c1-3-23-14-6-10(12(18(20)21)7-13(14)22-2)15(19)17-11(8-16)9-4-5-9/h6-7,9,11H,3-5,8,16H2,1-2H3,(H,17,19). The molecule has 8 heteroatoms. The highest BCUT2D eigenvalue weighted by molar-refractivity contribution is 5.99. The number of nitrogens with two attached hydrogens (primary N) is 1. The third kappa shape index (κ3) is 3.89. The molecular weight excluding hydrogens is 302 g/mol. The summed E-state index contributed by atoms with van der Waals surface area (Å²) in [6.45, 7) is 2.43. The van der Waals surface area contributed by atoms with Crippen LogP contribution in [0.2, 0.25) is 0 Å². The Balaban J connectivity index is 2.35. The fourth-order valence-corrected chi connectivity index (χ4v) is 2.42. The van der Waals surface area contributed by atoms with E-state index in [-0.39, 0.29) is 23.0 Å². The van der Waals surface area contributed by atoms with Crippen LogP contribution in [-0.2, 0) is 0 Å². The van der Waals surface area contributed by atoms with Gasteiger partial charge >= 0.3 is 0 Å². The zero-order chi connectivity index (χ0) is 17.0. The van der Waals surface area contributed by atoms with Gasteiger partial charge in [0, 0.05) is 18.7 Å². The molecular formula is C15H21N3O5. The van der Waals surface area contributed by atoms with Gasteiger partial charge in [-0.25, -0.2) is 0 Å². The smallest absolute Gasteiger partial charge is 0.286 e. The maximum Gasteiger partial charge on any atom is 0.286 e. The van der Waals surface area contributed by atoms with E-state index in [1.165, 1.54) is 19.2 Å². The predicted molar refractivity (Wildman–Crippen MR) is 83.9 cm³/mol. The lowest BCUT2D eigenvalue weighted by molar-refractivity contribution is -0.385. The van der Waals surface area contributed by atoms with Crippen molar-refractivity contribution in [2.75, 3.05) is 20.3 Å². The van der Waals surface area contributed by atoms with E-state index in [2.05, 4.69) is 5.32 Å². The van der Waals surface area contributed by atoms with E-state index >= 15 is 0 Å². The number of ether oxygens (including phenoxy) is 2. The molecule has 1 atom stereocenters. The SMILES string of the molecule is CCOc1cc(C(=O)NC(CN)C2CC2)c([N+](=O)[O-])cc1OC. The van der Waals surface area contributed by atoms with E-state index in [0.717, 1.165) is 12.8 Å². The van der Waals surface area contributed by atoms with Crippen molar-refractivity contribution in [3.8, 4) is 11.5 Å². The lowest BCUT2D eigenvalue weighted by Crippen LogP contribution is -2.41. The van der Waals surface area contributed by atoms with E-state index in [4.69, 9.17) is 15.2 Å². The maximum atomic E-state index is 12.5. The molecule has 0 heterocycles. The van der Waals surface area contributed by atoms with Crippen molar-refractivity contribution in [3.05, 3.63) is 27.8 Å². The number of rotatable bonds is 8. The van der Waals surface area contributed by atoms with Gasteiger partial charge in [-0.1, -0.05) is 0 Å². The van der Waals surface area contributed by atoms with E-state index in [1.807, 2.05) is 0 Å². The summed E-state index contributed by atoms with van der Waals surface area (Å²) in [5, 5.41) is 14.1. The summed E-state index contributed by atoms with van der Waals surface area (Å²) in [6.07, 6.45) is 2.02. The number of hydrogen-bond acceptors (Lipinski definition) is 6. The fraction of sp³-hybridized carbons (Fsp3) is 0.533. The Hall–Kier alpha value is -2.35. The molecule has 0 radical (unpaired) electrons. The minimum atomic E-state index is -0.609. The van der Waals surface area contributed by atoms with Crippen LogP contribution in [0.25, 0.3) is 0 Å². The zero-order valence-electron chi connectivity index (χ0n) is 13.2. The number of nitro benzene ring substituents is 1. The van der Waals surface area contributed by atoms with Gasteiger partial charge in [0.1, 0.15) is 5.56 Å². The average molecular weight is 323 g/mol. The second-order valence-corrected chi connectivity index (χ2v) is 5.36. The van der Waals surface area contributed by atoms with Gasteiger partial charge < -0.3 is 20.5 Å². The quantitative estimate of drug-likeness (QED) is 0.552. The fourth-order valence-electron chi connectivity index (χ4n) is 2.42. The average Bonchev–Trinajstić information content (AvgIpc) is 3.36. The number of carbonyl (C=O) groups is 1.